The van der Waals surface area contributed by atoms with Crippen LogP contribution in [0, 0.1) is 30.1 Å². The second-order valence-corrected chi connectivity index (χ2v) is 12.7. The van der Waals surface area contributed by atoms with E-state index in [0.717, 1.165) is 44.6 Å². The van der Waals surface area contributed by atoms with E-state index >= 15 is 0 Å². The molecule has 2 unspecified atom stereocenters. The number of hydrogen-bond acceptors (Lipinski definition) is 8. The van der Waals surface area contributed by atoms with Crippen molar-refractivity contribution in [3.8, 4) is 6.07 Å². The van der Waals surface area contributed by atoms with Gasteiger partial charge in [-0.1, -0.05) is 63.3 Å². The summed E-state index contributed by atoms with van der Waals surface area (Å²) in [7, 11) is 1.48. The fourth-order valence-electron chi connectivity index (χ4n) is 4.76. The number of rotatable bonds is 11. The Kier molecular flexibility index (Phi) is 12.6. The molecule has 4 rings (SSSR count). The van der Waals surface area contributed by atoms with Gasteiger partial charge in [-0.3, -0.25) is 9.59 Å². The monoisotopic (exact) mass is 637 g/mol. The molecule has 2 amide bonds. The van der Waals surface area contributed by atoms with Gasteiger partial charge in [-0.25, -0.2) is 9.67 Å². The summed E-state index contributed by atoms with van der Waals surface area (Å²) in [6.45, 7) is 12.8. The molecule has 1 aromatic carbocycles. The zero-order valence-corrected chi connectivity index (χ0v) is 27.8. The number of nitriles is 1. The van der Waals surface area contributed by atoms with E-state index in [1.807, 2.05) is 55.6 Å². The van der Waals surface area contributed by atoms with Crippen molar-refractivity contribution in [2.45, 2.75) is 66.3 Å². The van der Waals surface area contributed by atoms with E-state index in [0.29, 0.717) is 28.8 Å². The molecule has 3 heterocycles. The lowest BCUT2D eigenvalue weighted by Crippen LogP contribution is -2.27. The number of benzene rings is 1. The second-order valence-electron chi connectivity index (χ2n) is 10.7. The molecule has 3 N–H and O–H groups in total. The number of aromatic nitrogens is 3. The third-order valence-electron chi connectivity index (χ3n) is 6.74. The van der Waals surface area contributed by atoms with Gasteiger partial charge in [0.25, 0.3) is 11.8 Å². The molecule has 0 spiro atoms. The number of hydrogen-bond donors (Lipinski definition) is 3. The lowest BCUT2D eigenvalue weighted by atomic mass is 9.91. The highest BCUT2D eigenvalue weighted by molar-refractivity contribution is 7.17. The first-order valence-electron chi connectivity index (χ1n) is 14.6. The lowest BCUT2D eigenvalue weighted by molar-refractivity contribution is 0.0947. The quantitative estimate of drug-likeness (QED) is 0.157. The van der Waals surface area contributed by atoms with Gasteiger partial charge >= 0.3 is 0 Å². The number of thiophene rings is 1. The molecule has 0 bridgehead atoms. The Labute approximate surface area is 266 Å². The van der Waals surface area contributed by atoms with Crippen LogP contribution in [-0.2, 0) is 13.5 Å². The van der Waals surface area contributed by atoms with Crippen molar-refractivity contribution in [2.24, 2.45) is 13.0 Å². The van der Waals surface area contributed by atoms with Crippen molar-refractivity contribution in [1.29, 1.82) is 5.26 Å². The number of halogens is 1. The van der Waals surface area contributed by atoms with Crippen molar-refractivity contribution < 1.29 is 14.0 Å². The Bertz CT molecular complexity index is 1590. The molecule has 2 atom stereocenters. The summed E-state index contributed by atoms with van der Waals surface area (Å²) in [6, 6.07) is 12.9. The van der Waals surface area contributed by atoms with Crippen LogP contribution in [0.2, 0.25) is 0 Å². The number of anilines is 2. The Balaban J connectivity index is 0.000000241. The second kappa shape index (κ2) is 16.1. The first-order chi connectivity index (χ1) is 21.0. The largest absolute Gasteiger partial charge is 0.362 e. The van der Waals surface area contributed by atoms with Crippen LogP contribution in [0.5, 0.6) is 0 Å². The minimum absolute atomic E-state index is 0.00110. The molecule has 0 aliphatic rings. The minimum atomic E-state index is -0.619. The van der Waals surface area contributed by atoms with Crippen molar-refractivity contribution >= 4 is 45.3 Å². The fourth-order valence-corrected chi connectivity index (χ4v) is 6.51. The van der Waals surface area contributed by atoms with Crippen LogP contribution >= 0.6 is 22.7 Å². The van der Waals surface area contributed by atoms with Gasteiger partial charge in [0.2, 0.25) is 5.95 Å². The number of carbonyl (C=O) groups excluding carboxylic acids is 2. The summed E-state index contributed by atoms with van der Waals surface area (Å²) >= 11 is 2.78. The Morgan fingerprint density at radius 1 is 1.11 bits per heavy atom. The molecule has 3 aromatic heterocycles. The predicted octanol–water partition coefficient (Wildman–Crippen LogP) is 7.46. The Morgan fingerprint density at radius 2 is 1.84 bits per heavy atom. The molecule has 4 aromatic rings. The van der Waals surface area contributed by atoms with Crippen LogP contribution in [0.3, 0.4) is 0 Å². The molecular weight excluding hydrogens is 598 g/mol. The summed E-state index contributed by atoms with van der Waals surface area (Å²) in [5.74, 6) is -0.448. The zero-order chi connectivity index (χ0) is 32.4. The van der Waals surface area contributed by atoms with Crippen LogP contribution < -0.4 is 16.0 Å². The minimum Gasteiger partial charge on any atom is -0.362 e. The maximum atomic E-state index is 14.0. The molecule has 0 saturated heterocycles. The molecule has 0 saturated carbocycles. The van der Waals surface area contributed by atoms with Gasteiger partial charge in [-0.2, -0.15) is 14.8 Å². The van der Waals surface area contributed by atoms with Crippen molar-refractivity contribution in [1.82, 2.24) is 20.1 Å². The topological polar surface area (TPSA) is 125 Å². The highest BCUT2D eigenvalue weighted by Crippen LogP contribution is 2.30. The Hall–Kier alpha value is -4.08. The van der Waals surface area contributed by atoms with Gasteiger partial charge < -0.3 is 16.0 Å². The van der Waals surface area contributed by atoms with E-state index in [9.17, 15) is 19.2 Å². The van der Waals surface area contributed by atoms with E-state index in [4.69, 9.17) is 0 Å². The SMILES string of the molecule is CCNc1nc(CC)c(C(=O)NC(C#N)c2cccs2)s1.Cc1nn(C)c(F)c1C(=O)Nc1ccccc1C(C)CC(C)C. The highest BCUT2D eigenvalue weighted by Gasteiger charge is 2.23. The maximum absolute atomic E-state index is 14.0. The normalized spacial score (nSPS) is 12.1. The van der Waals surface area contributed by atoms with E-state index in [1.54, 1.807) is 6.92 Å². The van der Waals surface area contributed by atoms with Crippen LogP contribution in [0.15, 0.2) is 41.8 Å². The summed E-state index contributed by atoms with van der Waals surface area (Å²) in [5, 5.41) is 24.5. The number of amides is 2. The van der Waals surface area contributed by atoms with Crippen LogP contribution in [0.1, 0.15) is 94.9 Å². The average molecular weight is 638 g/mol. The third kappa shape index (κ3) is 8.74. The van der Waals surface area contributed by atoms with Crippen molar-refractivity contribution in [2.75, 3.05) is 17.2 Å². The van der Waals surface area contributed by atoms with Crippen LogP contribution in [0.25, 0.3) is 0 Å². The predicted molar refractivity (Wildman–Crippen MR) is 176 cm³/mol. The lowest BCUT2D eigenvalue weighted by Gasteiger charge is -2.18. The molecule has 0 aliphatic heterocycles. The summed E-state index contributed by atoms with van der Waals surface area (Å²) in [4.78, 5) is 30.7. The van der Waals surface area contributed by atoms with Crippen LogP contribution in [-0.4, -0.2) is 33.1 Å². The molecular formula is C32H40FN7O2S2. The van der Waals surface area contributed by atoms with Gasteiger partial charge in [0.15, 0.2) is 11.2 Å². The van der Waals surface area contributed by atoms with Crippen LogP contribution in [0.4, 0.5) is 15.2 Å². The summed E-state index contributed by atoms with van der Waals surface area (Å²) in [6.07, 6.45) is 1.70. The number of thiazole rings is 1. The smallest absolute Gasteiger partial charge is 0.264 e. The number of carbonyl (C=O) groups is 2. The van der Waals surface area contributed by atoms with Gasteiger partial charge in [-0.15, -0.1) is 11.3 Å². The standard InChI is InChI=1S/C18H24FN3O.C14H16N4OS2/c1-11(2)10-12(3)14-8-6-7-9-15(14)20-18(23)16-13(4)21-22(5)17(16)19;1-3-9-12(21-14(18-9)16-4-2)13(19)17-10(8-15)11-6-5-7-20-11/h6-9,11-12H,10H2,1-5H3,(H,20,23);5-7,10H,3-4H2,1-2H3,(H,16,18)(H,17,19). The van der Waals surface area contributed by atoms with Gasteiger partial charge in [0, 0.05) is 24.2 Å². The summed E-state index contributed by atoms with van der Waals surface area (Å²) in [5.41, 5.74) is 2.94. The fraction of sp³-hybridized carbons (Fsp3) is 0.406. The molecule has 234 valence electrons. The first-order valence-corrected chi connectivity index (χ1v) is 16.3. The van der Waals surface area contributed by atoms with Gasteiger partial charge in [0.1, 0.15) is 10.4 Å². The van der Waals surface area contributed by atoms with Crippen molar-refractivity contribution in [3.63, 3.8) is 0 Å². The van der Waals surface area contributed by atoms with E-state index in [2.05, 4.69) is 52.9 Å². The molecule has 0 aliphatic carbocycles. The number of para-hydroxylation sites is 1. The first kappa shape index (κ1) is 34.4. The maximum Gasteiger partial charge on any atom is 0.264 e. The molecule has 9 nitrogen and oxygen atoms in total. The highest BCUT2D eigenvalue weighted by atomic mass is 32.1. The molecule has 0 fully saturated rings. The van der Waals surface area contributed by atoms with E-state index < -0.39 is 17.9 Å². The van der Waals surface area contributed by atoms with Crippen molar-refractivity contribution in [3.05, 3.63) is 80.0 Å². The number of nitrogens with zero attached hydrogens (tertiary/aromatic N) is 4. The van der Waals surface area contributed by atoms with E-state index in [1.165, 1.54) is 29.7 Å². The molecule has 0 radical (unpaired) electrons. The van der Waals surface area contributed by atoms with Gasteiger partial charge in [0.05, 0.1) is 17.5 Å². The Morgan fingerprint density at radius 3 is 2.41 bits per heavy atom. The molecule has 12 heteroatoms. The zero-order valence-electron chi connectivity index (χ0n) is 26.2. The number of nitrogens with one attached hydrogen (secondary N) is 3. The van der Waals surface area contributed by atoms with E-state index in [-0.39, 0.29) is 11.5 Å². The average Bonchev–Trinajstić information content (AvgIpc) is 3.72. The third-order valence-corrected chi connectivity index (χ3v) is 8.73. The number of aryl methyl sites for hydroxylation is 3. The molecule has 44 heavy (non-hydrogen) atoms. The van der Waals surface area contributed by atoms with Gasteiger partial charge in [-0.05, 0) is 61.6 Å². The summed E-state index contributed by atoms with van der Waals surface area (Å²) < 4.78 is 15.1.